The van der Waals surface area contributed by atoms with Gasteiger partial charge in [-0.05, 0) is 0 Å². The first kappa shape index (κ1) is 17.8. The maximum Gasteiger partial charge on any atom is 0.394 e. The first-order valence-electron chi connectivity index (χ1n) is 6.62. The Morgan fingerprint density at radius 1 is 1.42 bits per heavy atom. The SMILES string of the molecule is COc1cc(F)c([N+](=O)[O-])c(N2C[C@@H](C(F)(F)F)[C@H](C(=O)O)C2)c1. The van der Waals surface area contributed by atoms with Crippen molar-refractivity contribution >= 4 is 17.3 Å². The van der Waals surface area contributed by atoms with E-state index in [-0.39, 0.29) is 5.75 Å². The van der Waals surface area contributed by atoms with Gasteiger partial charge in [0.2, 0.25) is 5.82 Å². The number of nitro groups is 1. The van der Waals surface area contributed by atoms with Crippen molar-refractivity contribution in [1.82, 2.24) is 0 Å². The molecule has 11 heteroatoms. The van der Waals surface area contributed by atoms with Crippen molar-refractivity contribution in [3.05, 3.63) is 28.1 Å². The molecule has 0 spiro atoms. The monoisotopic (exact) mass is 352 g/mol. The molecule has 2 atom stereocenters. The van der Waals surface area contributed by atoms with Crippen molar-refractivity contribution in [3.63, 3.8) is 0 Å². The van der Waals surface area contributed by atoms with Gasteiger partial charge in [0, 0.05) is 25.2 Å². The standard InChI is InChI=1S/C13H12F4N2O5/c1-24-6-2-9(14)11(19(22)23)10(3-6)18-4-7(12(20)21)8(5-18)13(15,16)17/h2-3,7-8H,4-5H2,1H3,(H,20,21)/t7-,8-/m1/s1. The number of halogens is 4. The van der Waals surface area contributed by atoms with E-state index in [4.69, 9.17) is 9.84 Å². The number of benzene rings is 1. The average molecular weight is 352 g/mol. The second-order valence-corrected chi connectivity index (χ2v) is 5.23. The van der Waals surface area contributed by atoms with Gasteiger partial charge in [-0.3, -0.25) is 14.9 Å². The number of carbonyl (C=O) groups is 1. The Morgan fingerprint density at radius 2 is 2.04 bits per heavy atom. The van der Waals surface area contributed by atoms with E-state index in [2.05, 4.69) is 0 Å². The van der Waals surface area contributed by atoms with Gasteiger partial charge in [0.1, 0.15) is 11.4 Å². The summed E-state index contributed by atoms with van der Waals surface area (Å²) < 4.78 is 57.7. The number of alkyl halides is 3. The van der Waals surface area contributed by atoms with Gasteiger partial charge in [-0.1, -0.05) is 0 Å². The second kappa shape index (κ2) is 6.13. The fraction of sp³-hybridized carbons (Fsp3) is 0.462. The number of methoxy groups -OCH3 is 1. The molecule has 0 saturated carbocycles. The van der Waals surface area contributed by atoms with Gasteiger partial charge in [-0.15, -0.1) is 0 Å². The molecule has 1 aromatic rings. The van der Waals surface area contributed by atoms with Crippen molar-refractivity contribution in [2.45, 2.75) is 6.18 Å². The molecule has 0 unspecified atom stereocenters. The molecule has 1 saturated heterocycles. The number of carboxylic acid groups (broad SMARTS) is 1. The van der Waals surface area contributed by atoms with E-state index in [9.17, 15) is 32.5 Å². The van der Waals surface area contributed by atoms with Crippen LogP contribution in [0.25, 0.3) is 0 Å². The number of anilines is 1. The summed E-state index contributed by atoms with van der Waals surface area (Å²) in [6.07, 6.45) is -4.80. The number of rotatable bonds is 4. The molecule has 1 fully saturated rings. The summed E-state index contributed by atoms with van der Waals surface area (Å²) in [5.74, 6) is -7.11. The van der Waals surface area contributed by atoms with Crippen LogP contribution in [0.4, 0.5) is 28.9 Å². The third-order valence-electron chi connectivity index (χ3n) is 3.83. The number of hydrogen-bond acceptors (Lipinski definition) is 5. The van der Waals surface area contributed by atoms with Crippen LogP contribution < -0.4 is 9.64 Å². The van der Waals surface area contributed by atoms with Crippen LogP contribution in [0.2, 0.25) is 0 Å². The predicted molar refractivity (Wildman–Crippen MR) is 72.5 cm³/mol. The topological polar surface area (TPSA) is 92.9 Å². The molecule has 0 aromatic heterocycles. The lowest BCUT2D eigenvalue weighted by Crippen LogP contribution is -2.33. The predicted octanol–water partition coefficient (Wildman–Crippen LogP) is 2.44. The van der Waals surface area contributed by atoms with Gasteiger partial charge in [0.05, 0.1) is 23.9 Å². The van der Waals surface area contributed by atoms with Crippen molar-refractivity contribution < 1.29 is 37.1 Å². The molecule has 0 radical (unpaired) electrons. The Bertz CT molecular complexity index is 679. The quantitative estimate of drug-likeness (QED) is 0.508. The minimum atomic E-state index is -4.80. The van der Waals surface area contributed by atoms with E-state index in [0.717, 1.165) is 24.1 Å². The number of aliphatic carboxylic acids is 1. The van der Waals surface area contributed by atoms with Gasteiger partial charge in [0.15, 0.2) is 0 Å². The van der Waals surface area contributed by atoms with Crippen molar-refractivity contribution in [3.8, 4) is 5.75 Å². The van der Waals surface area contributed by atoms with Gasteiger partial charge >= 0.3 is 17.8 Å². The van der Waals surface area contributed by atoms with E-state index < -0.39 is 59.2 Å². The maximum atomic E-state index is 13.9. The number of nitro benzene ring substituents is 1. The molecule has 1 aromatic carbocycles. The minimum Gasteiger partial charge on any atom is -0.497 e. The molecule has 1 aliphatic rings. The lowest BCUT2D eigenvalue weighted by molar-refractivity contribution is -0.386. The highest BCUT2D eigenvalue weighted by molar-refractivity contribution is 5.75. The Morgan fingerprint density at radius 3 is 2.46 bits per heavy atom. The van der Waals surface area contributed by atoms with Crippen molar-refractivity contribution in [1.29, 1.82) is 0 Å². The zero-order chi connectivity index (χ0) is 18.2. The van der Waals surface area contributed by atoms with Crippen LogP contribution in [0.3, 0.4) is 0 Å². The van der Waals surface area contributed by atoms with E-state index in [1.807, 2.05) is 0 Å². The molecule has 0 amide bonds. The smallest absolute Gasteiger partial charge is 0.394 e. The zero-order valence-electron chi connectivity index (χ0n) is 12.2. The highest BCUT2D eigenvalue weighted by Gasteiger charge is 2.53. The molecule has 1 aliphatic heterocycles. The number of hydrogen-bond donors (Lipinski definition) is 1. The van der Waals surface area contributed by atoms with Crippen molar-refractivity contribution in [2.24, 2.45) is 11.8 Å². The summed E-state index contributed by atoms with van der Waals surface area (Å²) in [5.41, 5.74) is -1.47. The summed E-state index contributed by atoms with van der Waals surface area (Å²) in [5, 5.41) is 20.0. The lowest BCUT2D eigenvalue weighted by atomic mass is 9.96. The van der Waals surface area contributed by atoms with Crippen LogP contribution in [0.15, 0.2) is 12.1 Å². The van der Waals surface area contributed by atoms with E-state index >= 15 is 0 Å². The van der Waals surface area contributed by atoms with Crippen LogP contribution in [-0.2, 0) is 4.79 Å². The number of ether oxygens (including phenoxy) is 1. The summed E-state index contributed by atoms with van der Waals surface area (Å²) in [6.45, 7) is -1.46. The number of carboxylic acids is 1. The summed E-state index contributed by atoms with van der Waals surface area (Å²) in [4.78, 5) is 21.9. The average Bonchev–Trinajstić information content (AvgIpc) is 2.91. The molecular formula is C13H12F4N2O5. The molecule has 24 heavy (non-hydrogen) atoms. The van der Waals surface area contributed by atoms with Crippen LogP contribution in [0, 0.1) is 27.8 Å². The Labute approximate surface area is 132 Å². The highest BCUT2D eigenvalue weighted by atomic mass is 19.4. The van der Waals surface area contributed by atoms with Crippen LogP contribution in [0.5, 0.6) is 5.75 Å². The molecule has 7 nitrogen and oxygen atoms in total. The third-order valence-corrected chi connectivity index (χ3v) is 3.83. The molecule has 2 rings (SSSR count). The fourth-order valence-electron chi connectivity index (χ4n) is 2.68. The van der Waals surface area contributed by atoms with Crippen LogP contribution >= 0.6 is 0 Å². The molecular weight excluding hydrogens is 340 g/mol. The second-order valence-electron chi connectivity index (χ2n) is 5.23. The Kier molecular flexibility index (Phi) is 4.54. The largest absolute Gasteiger partial charge is 0.497 e. The number of nitrogens with zero attached hydrogens (tertiary/aromatic N) is 2. The summed E-state index contributed by atoms with van der Waals surface area (Å²) >= 11 is 0. The molecule has 0 aliphatic carbocycles. The first-order chi connectivity index (χ1) is 11.1. The maximum absolute atomic E-state index is 13.9. The first-order valence-corrected chi connectivity index (χ1v) is 6.62. The van der Waals surface area contributed by atoms with E-state index in [1.165, 1.54) is 0 Å². The van der Waals surface area contributed by atoms with Gasteiger partial charge in [0.25, 0.3) is 0 Å². The molecule has 1 N–H and O–H groups in total. The molecule has 0 bridgehead atoms. The van der Waals surface area contributed by atoms with Crippen molar-refractivity contribution in [2.75, 3.05) is 25.1 Å². The highest BCUT2D eigenvalue weighted by Crippen LogP contribution is 2.43. The van der Waals surface area contributed by atoms with Crippen LogP contribution in [-0.4, -0.2) is 42.4 Å². The van der Waals surface area contributed by atoms with Gasteiger partial charge < -0.3 is 14.7 Å². The molecule has 132 valence electrons. The fourth-order valence-corrected chi connectivity index (χ4v) is 2.68. The normalized spacial score (nSPS) is 21.0. The van der Waals surface area contributed by atoms with Gasteiger partial charge in [-0.25, -0.2) is 0 Å². The Balaban J connectivity index is 2.50. The van der Waals surface area contributed by atoms with E-state index in [1.54, 1.807) is 0 Å². The van der Waals surface area contributed by atoms with E-state index in [0.29, 0.717) is 0 Å². The summed E-state index contributed by atoms with van der Waals surface area (Å²) in [6, 6.07) is 1.74. The summed E-state index contributed by atoms with van der Waals surface area (Å²) in [7, 11) is 1.16. The third kappa shape index (κ3) is 3.19. The zero-order valence-corrected chi connectivity index (χ0v) is 12.2. The van der Waals surface area contributed by atoms with Crippen LogP contribution in [0.1, 0.15) is 0 Å². The molecule has 1 heterocycles. The lowest BCUT2D eigenvalue weighted by Gasteiger charge is -2.20. The van der Waals surface area contributed by atoms with Gasteiger partial charge in [-0.2, -0.15) is 17.6 Å². The minimum absolute atomic E-state index is 0.129. The Hall–Kier alpha value is -2.59.